The molecule has 8 nitrogen and oxygen atoms in total. The molecule has 2 aromatic heterocycles. The average Bonchev–Trinajstić information content (AvgIpc) is 3.64. The lowest BCUT2D eigenvalue weighted by atomic mass is 9.77. The van der Waals surface area contributed by atoms with E-state index in [0.717, 1.165) is 43.3 Å². The zero-order valence-electron chi connectivity index (χ0n) is 21.6. The number of imidazole rings is 2. The summed E-state index contributed by atoms with van der Waals surface area (Å²) >= 11 is 0. The fraction of sp³-hybridized carbons (Fsp3) is 0.536. The van der Waals surface area contributed by atoms with E-state index in [1.807, 2.05) is 24.5 Å². The van der Waals surface area contributed by atoms with Crippen LogP contribution in [-0.2, 0) is 19.6 Å². The van der Waals surface area contributed by atoms with Crippen molar-refractivity contribution in [2.75, 3.05) is 32.7 Å². The molecule has 8 heteroatoms. The molecule has 0 atom stereocenters. The van der Waals surface area contributed by atoms with Crippen molar-refractivity contribution in [3.05, 3.63) is 71.8 Å². The summed E-state index contributed by atoms with van der Waals surface area (Å²) < 4.78 is 0. The number of amides is 1. The summed E-state index contributed by atoms with van der Waals surface area (Å²) in [6.45, 7) is 12.0. The van der Waals surface area contributed by atoms with Crippen molar-refractivity contribution in [1.29, 1.82) is 0 Å². The summed E-state index contributed by atoms with van der Waals surface area (Å²) in [5, 5.41) is 0. The molecule has 2 aliphatic rings. The normalized spacial score (nSPS) is 18.1. The van der Waals surface area contributed by atoms with Gasteiger partial charge in [-0.1, -0.05) is 26.0 Å². The van der Waals surface area contributed by atoms with Crippen molar-refractivity contribution in [3.8, 4) is 0 Å². The van der Waals surface area contributed by atoms with Gasteiger partial charge in [0.05, 0.1) is 13.1 Å². The third kappa shape index (κ3) is 6.05. The Kier molecular flexibility index (Phi) is 7.53. The van der Waals surface area contributed by atoms with Gasteiger partial charge in [-0.05, 0) is 61.4 Å². The van der Waals surface area contributed by atoms with Gasteiger partial charge in [-0.25, -0.2) is 9.97 Å². The highest BCUT2D eigenvalue weighted by Crippen LogP contribution is 2.40. The Morgan fingerprint density at radius 1 is 0.944 bits per heavy atom. The second-order valence-corrected chi connectivity index (χ2v) is 11.1. The topological polar surface area (TPSA) is 84.2 Å². The van der Waals surface area contributed by atoms with E-state index in [2.05, 4.69) is 60.6 Å². The molecular weight excluding hydrogens is 450 g/mol. The van der Waals surface area contributed by atoms with E-state index in [9.17, 15) is 4.79 Å². The van der Waals surface area contributed by atoms with E-state index in [-0.39, 0.29) is 5.91 Å². The Hall–Kier alpha value is -2.97. The van der Waals surface area contributed by atoms with Gasteiger partial charge in [-0.15, -0.1) is 0 Å². The van der Waals surface area contributed by atoms with Crippen molar-refractivity contribution in [2.45, 2.75) is 52.7 Å². The van der Waals surface area contributed by atoms with Crippen LogP contribution in [0.3, 0.4) is 0 Å². The largest absolute Gasteiger partial charge is 0.348 e. The SMILES string of the molecule is CC(C)CN1CCC2(CC1)CCN(C(=O)c1ccc(CN(Cc3ncc[nH]3)Cc3ncc[nH]3)cc1)C2. The van der Waals surface area contributed by atoms with Crippen LogP contribution >= 0.6 is 0 Å². The molecule has 4 heterocycles. The van der Waals surface area contributed by atoms with Gasteiger partial charge in [-0.3, -0.25) is 9.69 Å². The summed E-state index contributed by atoms with van der Waals surface area (Å²) in [5.41, 5.74) is 2.28. The summed E-state index contributed by atoms with van der Waals surface area (Å²) in [5.74, 6) is 2.73. The predicted molar refractivity (Wildman–Crippen MR) is 140 cm³/mol. The lowest BCUT2D eigenvalue weighted by molar-refractivity contribution is 0.0709. The van der Waals surface area contributed by atoms with Gasteiger partial charge in [0.15, 0.2) is 0 Å². The van der Waals surface area contributed by atoms with Crippen molar-refractivity contribution < 1.29 is 4.79 Å². The molecule has 0 bridgehead atoms. The van der Waals surface area contributed by atoms with Crippen molar-refractivity contribution in [2.24, 2.45) is 11.3 Å². The van der Waals surface area contributed by atoms with Gasteiger partial charge < -0.3 is 19.8 Å². The number of likely N-dealkylation sites (tertiary alicyclic amines) is 2. The fourth-order valence-corrected chi connectivity index (χ4v) is 5.80. The van der Waals surface area contributed by atoms with E-state index < -0.39 is 0 Å². The smallest absolute Gasteiger partial charge is 0.253 e. The Morgan fingerprint density at radius 2 is 1.56 bits per heavy atom. The van der Waals surface area contributed by atoms with E-state index in [1.54, 1.807) is 12.4 Å². The molecule has 2 N–H and O–H groups in total. The molecule has 0 aliphatic carbocycles. The first-order valence-electron chi connectivity index (χ1n) is 13.3. The lowest BCUT2D eigenvalue weighted by Gasteiger charge is -2.39. The number of aromatic amines is 2. The summed E-state index contributed by atoms with van der Waals surface area (Å²) in [6.07, 6.45) is 10.8. The Labute approximate surface area is 214 Å². The first-order chi connectivity index (χ1) is 17.5. The van der Waals surface area contributed by atoms with E-state index in [0.29, 0.717) is 24.4 Å². The first kappa shape index (κ1) is 24.7. The number of nitrogens with one attached hydrogen (secondary N) is 2. The molecule has 1 amide bonds. The summed E-state index contributed by atoms with van der Waals surface area (Å²) in [7, 11) is 0. The lowest BCUT2D eigenvalue weighted by Crippen LogP contribution is -2.43. The number of aromatic nitrogens is 4. The molecule has 0 saturated carbocycles. The minimum absolute atomic E-state index is 0.172. The van der Waals surface area contributed by atoms with Gasteiger partial charge in [0.2, 0.25) is 0 Å². The van der Waals surface area contributed by atoms with Crippen LogP contribution in [-0.4, -0.2) is 73.3 Å². The fourth-order valence-electron chi connectivity index (χ4n) is 5.80. The molecule has 2 fully saturated rings. The maximum absolute atomic E-state index is 13.3. The monoisotopic (exact) mass is 489 g/mol. The van der Waals surface area contributed by atoms with Gasteiger partial charge in [0.25, 0.3) is 5.91 Å². The Morgan fingerprint density at radius 3 is 2.11 bits per heavy atom. The van der Waals surface area contributed by atoms with Gasteiger partial charge in [-0.2, -0.15) is 0 Å². The van der Waals surface area contributed by atoms with Crippen LogP contribution in [0.1, 0.15) is 60.7 Å². The molecule has 2 saturated heterocycles. The quantitative estimate of drug-likeness (QED) is 0.476. The van der Waals surface area contributed by atoms with Crippen LogP contribution < -0.4 is 0 Å². The number of carbonyl (C=O) groups excluding carboxylic acids is 1. The van der Waals surface area contributed by atoms with E-state index in [1.165, 1.54) is 38.0 Å². The second-order valence-electron chi connectivity index (χ2n) is 11.1. The minimum Gasteiger partial charge on any atom is -0.348 e. The van der Waals surface area contributed by atoms with Gasteiger partial charge in [0.1, 0.15) is 11.6 Å². The number of piperidine rings is 1. The summed E-state index contributed by atoms with van der Waals surface area (Å²) in [4.78, 5) is 35.4. The predicted octanol–water partition coefficient (Wildman–Crippen LogP) is 3.92. The second kappa shape index (κ2) is 11.0. The maximum Gasteiger partial charge on any atom is 0.253 e. The Bertz CT molecular complexity index is 1050. The number of hydrogen-bond donors (Lipinski definition) is 2. The third-order valence-electron chi connectivity index (χ3n) is 7.73. The molecule has 2 aliphatic heterocycles. The average molecular weight is 490 g/mol. The number of nitrogens with zero attached hydrogens (tertiary/aromatic N) is 5. The van der Waals surface area contributed by atoms with Crippen LogP contribution in [0.25, 0.3) is 0 Å². The molecule has 1 aromatic carbocycles. The molecular formula is C28H39N7O. The standard InChI is InChI=1S/C28H39N7O/c1-22(2)17-33-14-7-28(8-15-33)9-16-35(21-28)27(36)24-5-3-23(4-6-24)18-34(19-25-29-10-11-30-25)20-26-31-12-13-32-26/h3-6,10-13,22H,7-9,14-21H2,1-2H3,(H,29,30)(H,31,32). The molecule has 0 unspecified atom stereocenters. The molecule has 0 radical (unpaired) electrons. The van der Waals surface area contributed by atoms with E-state index in [4.69, 9.17) is 0 Å². The van der Waals surface area contributed by atoms with Gasteiger partial charge >= 0.3 is 0 Å². The summed E-state index contributed by atoms with van der Waals surface area (Å²) in [6, 6.07) is 8.15. The zero-order chi connectivity index (χ0) is 25.0. The van der Waals surface area contributed by atoms with Crippen LogP contribution in [0.5, 0.6) is 0 Å². The number of benzene rings is 1. The van der Waals surface area contributed by atoms with E-state index >= 15 is 0 Å². The van der Waals surface area contributed by atoms with Crippen molar-refractivity contribution in [3.63, 3.8) is 0 Å². The highest BCUT2D eigenvalue weighted by Gasteiger charge is 2.42. The van der Waals surface area contributed by atoms with Crippen LogP contribution in [0.2, 0.25) is 0 Å². The minimum atomic E-state index is 0.172. The number of H-pyrrole nitrogens is 2. The number of carbonyl (C=O) groups is 1. The molecule has 5 rings (SSSR count). The van der Waals surface area contributed by atoms with Gasteiger partial charge in [0, 0.05) is 56.5 Å². The highest BCUT2D eigenvalue weighted by molar-refractivity contribution is 5.94. The Balaban J connectivity index is 1.18. The number of hydrogen-bond acceptors (Lipinski definition) is 5. The maximum atomic E-state index is 13.3. The van der Waals surface area contributed by atoms with Crippen LogP contribution in [0, 0.1) is 11.3 Å². The third-order valence-corrected chi connectivity index (χ3v) is 7.73. The molecule has 192 valence electrons. The zero-order valence-corrected chi connectivity index (χ0v) is 21.6. The molecule has 3 aromatic rings. The molecule has 36 heavy (non-hydrogen) atoms. The first-order valence-corrected chi connectivity index (χ1v) is 13.3. The highest BCUT2D eigenvalue weighted by atomic mass is 16.2. The van der Waals surface area contributed by atoms with Crippen molar-refractivity contribution >= 4 is 5.91 Å². The van der Waals surface area contributed by atoms with Crippen molar-refractivity contribution in [1.82, 2.24) is 34.6 Å². The van der Waals surface area contributed by atoms with Crippen LogP contribution in [0.15, 0.2) is 49.1 Å². The molecule has 1 spiro atoms. The number of rotatable bonds is 9. The van der Waals surface area contributed by atoms with Crippen LogP contribution in [0.4, 0.5) is 0 Å².